The molecule has 0 bridgehead atoms. The van der Waals surface area contributed by atoms with Crippen LogP contribution in [0.1, 0.15) is 43.0 Å². The smallest absolute Gasteiger partial charge is 0.254 e. The minimum absolute atomic E-state index is 0.000204. The fraction of sp³-hybridized carbons (Fsp3) is 0.611. The molecule has 1 saturated heterocycles. The monoisotopic (exact) mass is 329 g/mol. The fourth-order valence-corrected chi connectivity index (χ4v) is 3.40. The van der Waals surface area contributed by atoms with Crippen LogP contribution in [-0.4, -0.2) is 47.0 Å². The van der Waals surface area contributed by atoms with Gasteiger partial charge in [0, 0.05) is 24.2 Å². The first-order valence-corrected chi connectivity index (χ1v) is 8.75. The van der Waals surface area contributed by atoms with Crippen molar-refractivity contribution >= 4 is 17.6 Å². The molecule has 0 spiro atoms. The van der Waals surface area contributed by atoms with E-state index in [4.69, 9.17) is 4.74 Å². The van der Waals surface area contributed by atoms with E-state index in [0.717, 1.165) is 12.8 Å². The third-order valence-electron chi connectivity index (χ3n) is 5.23. The van der Waals surface area contributed by atoms with Crippen LogP contribution >= 0.6 is 0 Å². The first-order valence-electron chi connectivity index (χ1n) is 8.75. The average Bonchev–Trinajstić information content (AvgIpc) is 3.46. The maximum absolute atomic E-state index is 12.8. The molecule has 1 aliphatic heterocycles. The van der Waals surface area contributed by atoms with Crippen LogP contribution in [0.2, 0.25) is 0 Å². The standard InChI is InChI=1S/C18H23N3O3/c1-18(14-4-5-14)11-21(8-9-24-18)17(23)13-6-7-19-15(10-13)20-16(22)12-2-3-12/h6-7,10,12,14H,2-5,8-9,11H2,1H3,(H,19,20,22). The molecule has 4 rings (SSSR count). The quantitative estimate of drug-likeness (QED) is 0.918. The van der Waals surface area contributed by atoms with Crippen LogP contribution in [0, 0.1) is 11.8 Å². The largest absolute Gasteiger partial charge is 0.371 e. The lowest BCUT2D eigenvalue weighted by molar-refractivity contribution is -0.117. The van der Waals surface area contributed by atoms with E-state index in [-0.39, 0.29) is 23.3 Å². The van der Waals surface area contributed by atoms with Gasteiger partial charge in [0.25, 0.3) is 5.91 Å². The molecule has 1 unspecified atom stereocenters. The second-order valence-corrected chi connectivity index (χ2v) is 7.36. The number of anilines is 1. The highest BCUT2D eigenvalue weighted by atomic mass is 16.5. The van der Waals surface area contributed by atoms with E-state index in [1.807, 2.05) is 4.90 Å². The SMILES string of the molecule is CC1(C2CC2)CN(C(=O)c2ccnc(NC(=O)C3CC3)c2)CCO1. The maximum atomic E-state index is 12.8. The fourth-order valence-electron chi connectivity index (χ4n) is 3.40. The van der Waals surface area contributed by atoms with Gasteiger partial charge in [-0.05, 0) is 50.7 Å². The summed E-state index contributed by atoms with van der Waals surface area (Å²) < 4.78 is 5.95. The van der Waals surface area contributed by atoms with Crippen molar-refractivity contribution in [3.8, 4) is 0 Å². The number of morpholine rings is 1. The van der Waals surface area contributed by atoms with Crippen molar-refractivity contribution in [2.45, 2.75) is 38.2 Å². The summed E-state index contributed by atoms with van der Waals surface area (Å²) in [6.45, 7) is 3.92. The van der Waals surface area contributed by atoms with Crippen LogP contribution < -0.4 is 5.32 Å². The number of nitrogens with one attached hydrogen (secondary N) is 1. The minimum atomic E-state index is -0.218. The Balaban J connectivity index is 1.46. The second kappa shape index (κ2) is 5.84. The first-order chi connectivity index (χ1) is 11.5. The van der Waals surface area contributed by atoms with Crippen LogP contribution in [-0.2, 0) is 9.53 Å². The molecule has 0 radical (unpaired) electrons. The molecule has 1 N–H and O–H groups in total. The van der Waals surface area contributed by atoms with Gasteiger partial charge in [-0.3, -0.25) is 9.59 Å². The van der Waals surface area contributed by atoms with E-state index in [1.54, 1.807) is 18.3 Å². The van der Waals surface area contributed by atoms with Gasteiger partial charge >= 0.3 is 0 Å². The summed E-state index contributed by atoms with van der Waals surface area (Å²) in [6, 6.07) is 3.38. The predicted octanol–water partition coefficient (Wildman–Crippen LogP) is 2.07. The summed E-state index contributed by atoms with van der Waals surface area (Å²) >= 11 is 0. The van der Waals surface area contributed by atoms with Gasteiger partial charge < -0.3 is 15.0 Å². The van der Waals surface area contributed by atoms with E-state index in [2.05, 4.69) is 17.2 Å². The number of amides is 2. The molecule has 6 heteroatoms. The van der Waals surface area contributed by atoms with Crippen LogP contribution in [0.15, 0.2) is 18.3 Å². The molecule has 1 atom stereocenters. The minimum Gasteiger partial charge on any atom is -0.371 e. The summed E-state index contributed by atoms with van der Waals surface area (Å²) in [5, 5.41) is 2.80. The van der Waals surface area contributed by atoms with Crippen molar-refractivity contribution in [3.63, 3.8) is 0 Å². The Morgan fingerprint density at radius 1 is 1.33 bits per heavy atom. The number of hydrogen-bond donors (Lipinski definition) is 1. The number of hydrogen-bond acceptors (Lipinski definition) is 4. The van der Waals surface area contributed by atoms with Gasteiger partial charge in [0.15, 0.2) is 0 Å². The van der Waals surface area contributed by atoms with Gasteiger partial charge in [0.2, 0.25) is 5.91 Å². The number of pyridine rings is 1. The highest BCUT2D eigenvalue weighted by Crippen LogP contribution is 2.43. The molecule has 2 saturated carbocycles. The van der Waals surface area contributed by atoms with E-state index in [9.17, 15) is 9.59 Å². The molecular weight excluding hydrogens is 306 g/mol. The van der Waals surface area contributed by atoms with Gasteiger partial charge in [0.1, 0.15) is 5.82 Å². The Morgan fingerprint density at radius 2 is 2.12 bits per heavy atom. The number of nitrogens with zero attached hydrogens (tertiary/aromatic N) is 2. The third-order valence-corrected chi connectivity index (χ3v) is 5.23. The Morgan fingerprint density at radius 3 is 2.83 bits per heavy atom. The Hall–Kier alpha value is -1.95. The van der Waals surface area contributed by atoms with Crippen molar-refractivity contribution in [2.75, 3.05) is 25.0 Å². The summed E-state index contributed by atoms with van der Waals surface area (Å²) in [6.07, 6.45) is 5.84. The summed E-state index contributed by atoms with van der Waals surface area (Å²) in [5.74, 6) is 1.12. The summed E-state index contributed by atoms with van der Waals surface area (Å²) in [7, 11) is 0. The molecule has 1 aromatic heterocycles. The lowest BCUT2D eigenvalue weighted by Crippen LogP contribution is -2.53. The zero-order valence-electron chi connectivity index (χ0n) is 14.0. The molecule has 2 heterocycles. The molecule has 3 aliphatic rings. The van der Waals surface area contributed by atoms with E-state index >= 15 is 0 Å². The number of carbonyl (C=O) groups excluding carboxylic acids is 2. The Bertz CT molecular complexity index is 669. The Kier molecular flexibility index (Phi) is 3.79. The van der Waals surface area contributed by atoms with Gasteiger partial charge in [-0.2, -0.15) is 0 Å². The molecule has 2 amide bonds. The molecule has 24 heavy (non-hydrogen) atoms. The van der Waals surface area contributed by atoms with Gasteiger partial charge in [-0.25, -0.2) is 4.98 Å². The number of aromatic nitrogens is 1. The molecule has 1 aromatic rings. The number of rotatable bonds is 4. The summed E-state index contributed by atoms with van der Waals surface area (Å²) in [5.41, 5.74) is 0.348. The normalized spacial score (nSPS) is 27.0. The van der Waals surface area contributed by atoms with E-state index in [1.165, 1.54) is 12.8 Å². The average molecular weight is 329 g/mol. The van der Waals surface area contributed by atoms with Crippen molar-refractivity contribution in [3.05, 3.63) is 23.9 Å². The number of carbonyl (C=O) groups is 2. The zero-order chi connectivity index (χ0) is 16.7. The van der Waals surface area contributed by atoms with Gasteiger partial charge in [0.05, 0.1) is 18.8 Å². The van der Waals surface area contributed by atoms with Gasteiger partial charge in [-0.1, -0.05) is 0 Å². The molecular formula is C18H23N3O3. The van der Waals surface area contributed by atoms with Crippen molar-refractivity contribution in [2.24, 2.45) is 11.8 Å². The topological polar surface area (TPSA) is 71.5 Å². The van der Waals surface area contributed by atoms with Crippen LogP contribution in [0.3, 0.4) is 0 Å². The van der Waals surface area contributed by atoms with Gasteiger partial charge in [-0.15, -0.1) is 0 Å². The van der Waals surface area contributed by atoms with Crippen LogP contribution in [0.4, 0.5) is 5.82 Å². The molecule has 0 aromatic carbocycles. The van der Waals surface area contributed by atoms with Crippen molar-refractivity contribution in [1.29, 1.82) is 0 Å². The highest BCUT2D eigenvalue weighted by molar-refractivity contribution is 5.97. The van der Waals surface area contributed by atoms with E-state index in [0.29, 0.717) is 37.0 Å². The van der Waals surface area contributed by atoms with E-state index < -0.39 is 0 Å². The third kappa shape index (κ3) is 3.15. The molecule has 3 fully saturated rings. The van der Waals surface area contributed by atoms with Crippen LogP contribution in [0.25, 0.3) is 0 Å². The first kappa shape index (κ1) is 15.6. The lowest BCUT2D eigenvalue weighted by Gasteiger charge is -2.41. The van der Waals surface area contributed by atoms with Crippen LogP contribution in [0.5, 0.6) is 0 Å². The predicted molar refractivity (Wildman–Crippen MR) is 88.6 cm³/mol. The van der Waals surface area contributed by atoms with Crippen molar-refractivity contribution < 1.29 is 14.3 Å². The molecule has 128 valence electrons. The summed E-state index contributed by atoms with van der Waals surface area (Å²) in [4.78, 5) is 30.7. The number of ether oxygens (including phenoxy) is 1. The Labute approximate surface area is 141 Å². The zero-order valence-corrected chi connectivity index (χ0v) is 14.0. The molecule has 2 aliphatic carbocycles. The second-order valence-electron chi connectivity index (χ2n) is 7.36. The maximum Gasteiger partial charge on any atom is 0.254 e. The molecule has 6 nitrogen and oxygen atoms in total. The lowest BCUT2D eigenvalue weighted by atomic mass is 9.97. The van der Waals surface area contributed by atoms with Crippen molar-refractivity contribution in [1.82, 2.24) is 9.88 Å². The highest BCUT2D eigenvalue weighted by Gasteiger charge is 2.46.